The van der Waals surface area contributed by atoms with Crippen molar-refractivity contribution in [3.05, 3.63) is 47.0 Å². The molecule has 3 N–H and O–H groups in total. The second kappa shape index (κ2) is 6.66. The van der Waals surface area contributed by atoms with E-state index < -0.39 is 5.60 Å². The number of rotatable bonds is 5. The van der Waals surface area contributed by atoms with Crippen LogP contribution in [0.15, 0.2) is 24.4 Å². The lowest BCUT2D eigenvalue weighted by atomic mass is 10.0. The van der Waals surface area contributed by atoms with Crippen molar-refractivity contribution >= 4 is 5.91 Å². The Balaban J connectivity index is 1.50. The van der Waals surface area contributed by atoms with Crippen LogP contribution < -0.4 is 5.32 Å². The summed E-state index contributed by atoms with van der Waals surface area (Å²) >= 11 is 0. The van der Waals surface area contributed by atoms with Crippen LogP contribution in [-0.2, 0) is 16.9 Å². The molecular weight excluding hydrogens is 313 g/mol. The van der Waals surface area contributed by atoms with Gasteiger partial charge in [-0.1, -0.05) is 12.1 Å². The van der Waals surface area contributed by atoms with Crippen LogP contribution in [0.4, 0.5) is 4.39 Å². The molecule has 1 atom stereocenters. The lowest BCUT2D eigenvalue weighted by Gasteiger charge is -2.20. The van der Waals surface area contributed by atoms with Crippen molar-refractivity contribution in [1.29, 1.82) is 0 Å². The minimum atomic E-state index is -1.08. The summed E-state index contributed by atoms with van der Waals surface area (Å²) in [6.07, 6.45) is 1.99. The number of nitrogens with zero attached hydrogens (tertiary/aromatic N) is 3. The molecule has 0 spiro atoms. The highest BCUT2D eigenvalue weighted by Gasteiger charge is 2.40. The Labute approximate surface area is 138 Å². The van der Waals surface area contributed by atoms with Gasteiger partial charge in [-0.05, 0) is 30.5 Å². The summed E-state index contributed by atoms with van der Waals surface area (Å²) in [6.45, 7) is 3.06. The van der Waals surface area contributed by atoms with E-state index in [2.05, 4.69) is 20.7 Å². The van der Waals surface area contributed by atoms with Gasteiger partial charge < -0.3 is 10.4 Å². The van der Waals surface area contributed by atoms with Crippen molar-refractivity contribution in [2.24, 2.45) is 0 Å². The Hall–Kier alpha value is -2.32. The molecule has 1 aromatic heterocycles. The van der Waals surface area contributed by atoms with E-state index in [1.54, 1.807) is 19.1 Å². The van der Waals surface area contributed by atoms with Gasteiger partial charge in [-0.3, -0.25) is 9.69 Å². The van der Waals surface area contributed by atoms with Gasteiger partial charge in [0, 0.05) is 19.6 Å². The monoisotopic (exact) mass is 333 g/mol. The number of benzene rings is 1. The molecule has 1 unspecified atom stereocenters. The predicted octanol–water partition coefficient (Wildman–Crippen LogP) is 0.462. The summed E-state index contributed by atoms with van der Waals surface area (Å²) < 4.78 is 13.5. The molecule has 1 aliphatic heterocycles. The van der Waals surface area contributed by atoms with Crippen LogP contribution in [0.2, 0.25) is 0 Å². The first-order valence-corrected chi connectivity index (χ1v) is 7.79. The molecule has 2 heterocycles. The van der Waals surface area contributed by atoms with Gasteiger partial charge in [-0.2, -0.15) is 15.4 Å². The molecule has 24 heavy (non-hydrogen) atoms. The third kappa shape index (κ3) is 3.60. The third-order valence-corrected chi connectivity index (χ3v) is 4.31. The molecule has 0 aliphatic carbocycles. The average Bonchev–Trinajstić information content (AvgIpc) is 3.20. The zero-order chi connectivity index (χ0) is 17.2. The van der Waals surface area contributed by atoms with E-state index in [-0.39, 0.29) is 24.8 Å². The van der Waals surface area contributed by atoms with Crippen molar-refractivity contribution in [1.82, 2.24) is 25.6 Å². The van der Waals surface area contributed by atoms with Crippen LogP contribution in [0, 0.1) is 12.7 Å². The summed E-state index contributed by atoms with van der Waals surface area (Å²) in [4.78, 5) is 13.9. The number of carbonyl (C=O) groups is 1. The van der Waals surface area contributed by atoms with E-state index in [1.807, 2.05) is 4.90 Å². The minimum absolute atomic E-state index is 0.166. The Morgan fingerprint density at radius 1 is 1.54 bits per heavy atom. The number of carbonyl (C=O) groups excluding carboxylic acids is 1. The van der Waals surface area contributed by atoms with Crippen molar-refractivity contribution in [2.75, 3.05) is 19.6 Å². The number of aryl methyl sites for hydroxylation is 1. The fraction of sp³-hybridized carbons (Fsp3) is 0.438. The summed E-state index contributed by atoms with van der Waals surface area (Å²) in [5, 5.41) is 23.5. The molecule has 0 radical (unpaired) electrons. The Kier molecular flexibility index (Phi) is 4.59. The second-order valence-electron chi connectivity index (χ2n) is 6.21. The number of nitrogens with one attached hydrogen (secondary N) is 2. The van der Waals surface area contributed by atoms with Crippen LogP contribution in [0.3, 0.4) is 0 Å². The normalized spacial score (nSPS) is 21.1. The second-order valence-corrected chi connectivity index (χ2v) is 6.21. The lowest BCUT2D eigenvalue weighted by Crippen LogP contribution is -2.38. The van der Waals surface area contributed by atoms with Gasteiger partial charge in [0.2, 0.25) is 5.91 Å². The van der Waals surface area contributed by atoms with Gasteiger partial charge >= 0.3 is 0 Å². The standard InChI is InChI=1S/C16H20FN5O2/c1-11-2-3-12(6-13(11)17)7-18-15(23)9-22-5-4-16(24,10-22)14-8-19-21-20-14/h2-3,6,8,24H,4-5,7,9-10H2,1H3,(H,18,23)(H,19,20,21). The van der Waals surface area contributed by atoms with E-state index in [0.29, 0.717) is 36.3 Å². The molecule has 1 aliphatic rings. The van der Waals surface area contributed by atoms with Gasteiger partial charge in [-0.15, -0.1) is 0 Å². The smallest absolute Gasteiger partial charge is 0.234 e. The van der Waals surface area contributed by atoms with Crippen LogP contribution >= 0.6 is 0 Å². The first-order valence-electron chi connectivity index (χ1n) is 7.79. The van der Waals surface area contributed by atoms with Gasteiger partial charge in [0.05, 0.1) is 12.7 Å². The number of H-pyrrole nitrogens is 1. The third-order valence-electron chi connectivity index (χ3n) is 4.31. The number of hydrogen-bond acceptors (Lipinski definition) is 5. The van der Waals surface area contributed by atoms with E-state index in [1.165, 1.54) is 12.3 Å². The zero-order valence-corrected chi connectivity index (χ0v) is 13.4. The summed E-state index contributed by atoms with van der Waals surface area (Å²) in [5.74, 6) is -0.445. The first-order chi connectivity index (χ1) is 11.5. The lowest BCUT2D eigenvalue weighted by molar-refractivity contribution is -0.122. The highest BCUT2D eigenvalue weighted by atomic mass is 19.1. The highest BCUT2D eigenvalue weighted by Crippen LogP contribution is 2.29. The predicted molar refractivity (Wildman–Crippen MR) is 84.3 cm³/mol. The van der Waals surface area contributed by atoms with E-state index in [4.69, 9.17) is 0 Å². The van der Waals surface area contributed by atoms with Crippen molar-refractivity contribution in [3.63, 3.8) is 0 Å². The fourth-order valence-electron chi connectivity index (χ4n) is 2.85. The van der Waals surface area contributed by atoms with Crippen LogP contribution in [0.5, 0.6) is 0 Å². The van der Waals surface area contributed by atoms with Crippen molar-refractivity contribution in [2.45, 2.75) is 25.5 Å². The number of amides is 1. The number of halogens is 1. The molecule has 2 aromatic rings. The maximum atomic E-state index is 13.5. The van der Waals surface area contributed by atoms with Crippen LogP contribution in [0.25, 0.3) is 0 Å². The number of β-amino-alcohol motifs (C(OH)–C–C–N with tert-alkyl or cyclic N) is 1. The van der Waals surface area contributed by atoms with Gasteiger partial charge in [0.1, 0.15) is 17.1 Å². The van der Waals surface area contributed by atoms with Gasteiger partial charge in [0.15, 0.2) is 0 Å². The number of likely N-dealkylation sites (tertiary alicyclic amines) is 1. The molecule has 0 bridgehead atoms. The van der Waals surface area contributed by atoms with E-state index >= 15 is 0 Å². The van der Waals surface area contributed by atoms with Gasteiger partial charge in [0.25, 0.3) is 0 Å². The van der Waals surface area contributed by atoms with Gasteiger partial charge in [-0.25, -0.2) is 4.39 Å². The minimum Gasteiger partial charge on any atom is -0.382 e. The number of hydrogen-bond donors (Lipinski definition) is 3. The van der Waals surface area contributed by atoms with Crippen LogP contribution in [0.1, 0.15) is 23.2 Å². The molecule has 7 nitrogen and oxygen atoms in total. The molecule has 0 saturated carbocycles. The largest absolute Gasteiger partial charge is 0.382 e. The summed E-state index contributed by atoms with van der Waals surface area (Å²) in [5.41, 5.74) is 0.703. The Morgan fingerprint density at radius 2 is 2.38 bits per heavy atom. The van der Waals surface area contributed by atoms with Crippen LogP contribution in [-0.4, -0.2) is 51.0 Å². The summed E-state index contributed by atoms with van der Waals surface area (Å²) in [7, 11) is 0. The first kappa shape index (κ1) is 16.5. The molecule has 1 amide bonds. The number of aliphatic hydroxyl groups is 1. The highest BCUT2D eigenvalue weighted by molar-refractivity contribution is 5.78. The van der Waals surface area contributed by atoms with E-state index in [0.717, 1.165) is 0 Å². The molecule has 128 valence electrons. The maximum Gasteiger partial charge on any atom is 0.234 e. The number of aromatic nitrogens is 3. The molecule has 1 fully saturated rings. The maximum absolute atomic E-state index is 13.5. The molecule has 3 rings (SSSR count). The number of aromatic amines is 1. The molecular formula is C16H20FN5O2. The topological polar surface area (TPSA) is 94.1 Å². The fourth-order valence-corrected chi connectivity index (χ4v) is 2.85. The van der Waals surface area contributed by atoms with E-state index in [9.17, 15) is 14.3 Å². The van der Waals surface area contributed by atoms with Crippen molar-refractivity contribution < 1.29 is 14.3 Å². The SMILES string of the molecule is Cc1ccc(CNC(=O)CN2CCC(O)(c3cn[nH]n3)C2)cc1F. The average molecular weight is 333 g/mol. The Bertz CT molecular complexity index is 721. The summed E-state index contributed by atoms with van der Waals surface area (Å²) in [6, 6.07) is 4.90. The quantitative estimate of drug-likeness (QED) is 0.739. The molecule has 1 aromatic carbocycles. The Morgan fingerprint density at radius 3 is 3.08 bits per heavy atom. The molecule has 8 heteroatoms. The van der Waals surface area contributed by atoms with Crippen molar-refractivity contribution in [3.8, 4) is 0 Å². The molecule has 1 saturated heterocycles. The zero-order valence-electron chi connectivity index (χ0n) is 13.4.